The highest BCUT2D eigenvalue weighted by atomic mass is 35.5. The van der Waals surface area contributed by atoms with Crippen LogP contribution < -0.4 is 11.1 Å². The zero-order chi connectivity index (χ0) is 14.5. The maximum atomic E-state index is 12.1. The van der Waals surface area contributed by atoms with Gasteiger partial charge in [0.1, 0.15) is 0 Å². The van der Waals surface area contributed by atoms with E-state index in [1.807, 2.05) is 24.3 Å². The van der Waals surface area contributed by atoms with Crippen LogP contribution in [0, 0.1) is 11.8 Å². The van der Waals surface area contributed by atoms with Crippen molar-refractivity contribution >= 4 is 24.0 Å². The lowest BCUT2D eigenvalue weighted by molar-refractivity contribution is -0.122. The molecule has 0 aromatic heterocycles. The van der Waals surface area contributed by atoms with Gasteiger partial charge in [0.15, 0.2) is 0 Å². The summed E-state index contributed by atoms with van der Waals surface area (Å²) in [4.78, 5) is 12.1. The van der Waals surface area contributed by atoms with Crippen molar-refractivity contribution < 1.29 is 4.79 Å². The number of amides is 1. The first-order chi connectivity index (χ1) is 9.56. The number of halogens is 1. The number of aryl methyl sites for hydroxylation is 1. The van der Waals surface area contributed by atoms with Crippen molar-refractivity contribution in [3.05, 3.63) is 29.8 Å². The third kappa shape index (κ3) is 5.24. The minimum atomic E-state index is 0. The number of rotatable bonds is 4. The van der Waals surface area contributed by atoms with Gasteiger partial charge in [-0.1, -0.05) is 32.0 Å². The van der Waals surface area contributed by atoms with E-state index in [0.29, 0.717) is 18.4 Å². The first-order valence-electron chi connectivity index (χ1n) is 7.69. The zero-order valence-corrected chi connectivity index (χ0v) is 13.8. The number of nitrogens with one attached hydrogen (secondary N) is 1. The van der Waals surface area contributed by atoms with Gasteiger partial charge < -0.3 is 11.1 Å². The topological polar surface area (TPSA) is 55.1 Å². The van der Waals surface area contributed by atoms with Crippen LogP contribution in [0.3, 0.4) is 0 Å². The standard InChI is InChI=1S/C17H26N2O.ClH/c1-12-7-9-16(13(2)11-12)19-17(20)10-8-14-5-3-4-6-15(14)18;/h3-6,12-13,16H,7-11,18H2,1-2H3,(H,19,20);1H. The Balaban J connectivity index is 0.00000220. The second-order valence-electron chi connectivity index (χ2n) is 6.27. The summed E-state index contributed by atoms with van der Waals surface area (Å²) in [5.41, 5.74) is 7.74. The maximum Gasteiger partial charge on any atom is 0.220 e. The molecule has 3 atom stereocenters. The molecule has 0 bridgehead atoms. The number of carbonyl (C=O) groups is 1. The number of benzene rings is 1. The minimum Gasteiger partial charge on any atom is -0.399 e. The van der Waals surface area contributed by atoms with Crippen molar-refractivity contribution in [3.63, 3.8) is 0 Å². The molecular formula is C17H27ClN2O. The molecule has 3 N–H and O–H groups in total. The van der Waals surface area contributed by atoms with E-state index >= 15 is 0 Å². The van der Waals surface area contributed by atoms with E-state index in [0.717, 1.165) is 30.0 Å². The Labute approximate surface area is 134 Å². The molecule has 0 radical (unpaired) electrons. The highest BCUT2D eigenvalue weighted by molar-refractivity contribution is 5.85. The number of carbonyl (C=O) groups excluding carboxylic acids is 1. The van der Waals surface area contributed by atoms with Gasteiger partial charge in [0.25, 0.3) is 0 Å². The lowest BCUT2D eigenvalue weighted by atomic mass is 9.80. The second-order valence-corrected chi connectivity index (χ2v) is 6.27. The van der Waals surface area contributed by atoms with E-state index in [-0.39, 0.29) is 18.3 Å². The van der Waals surface area contributed by atoms with Crippen LogP contribution in [0.2, 0.25) is 0 Å². The molecule has 1 aliphatic rings. The van der Waals surface area contributed by atoms with Crippen LogP contribution in [0.25, 0.3) is 0 Å². The van der Waals surface area contributed by atoms with Crippen LogP contribution >= 0.6 is 12.4 Å². The molecule has 0 saturated heterocycles. The van der Waals surface area contributed by atoms with Gasteiger partial charge in [0.2, 0.25) is 5.91 Å². The first-order valence-corrected chi connectivity index (χ1v) is 7.69. The van der Waals surface area contributed by atoms with Crippen molar-refractivity contribution in [2.45, 2.75) is 52.0 Å². The molecule has 1 fully saturated rings. The number of nitrogen functional groups attached to an aromatic ring is 1. The van der Waals surface area contributed by atoms with E-state index in [9.17, 15) is 4.79 Å². The number of hydrogen-bond donors (Lipinski definition) is 2. The molecule has 0 aliphatic heterocycles. The van der Waals surface area contributed by atoms with Crippen LogP contribution in [0.1, 0.15) is 45.1 Å². The van der Waals surface area contributed by atoms with Crippen molar-refractivity contribution in [2.24, 2.45) is 11.8 Å². The van der Waals surface area contributed by atoms with Gasteiger partial charge in [-0.05, 0) is 49.1 Å². The van der Waals surface area contributed by atoms with Gasteiger partial charge in [0, 0.05) is 18.2 Å². The predicted molar refractivity (Wildman–Crippen MR) is 90.5 cm³/mol. The van der Waals surface area contributed by atoms with E-state index in [2.05, 4.69) is 19.2 Å². The van der Waals surface area contributed by atoms with Gasteiger partial charge in [-0.15, -0.1) is 12.4 Å². The maximum absolute atomic E-state index is 12.1. The largest absolute Gasteiger partial charge is 0.399 e. The van der Waals surface area contributed by atoms with E-state index in [1.54, 1.807) is 0 Å². The Morgan fingerprint density at radius 1 is 1.29 bits per heavy atom. The van der Waals surface area contributed by atoms with Gasteiger partial charge in [-0.2, -0.15) is 0 Å². The normalized spacial score (nSPS) is 25.0. The third-order valence-electron chi connectivity index (χ3n) is 4.45. The molecule has 1 aromatic carbocycles. The van der Waals surface area contributed by atoms with Crippen molar-refractivity contribution in [1.82, 2.24) is 5.32 Å². The molecule has 0 heterocycles. The van der Waals surface area contributed by atoms with Crippen LogP contribution in [0.4, 0.5) is 5.69 Å². The van der Waals surface area contributed by atoms with Crippen LogP contribution in [0.5, 0.6) is 0 Å². The van der Waals surface area contributed by atoms with Gasteiger partial charge in [-0.25, -0.2) is 0 Å². The molecule has 1 saturated carbocycles. The van der Waals surface area contributed by atoms with Crippen molar-refractivity contribution in [3.8, 4) is 0 Å². The number of para-hydroxylation sites is 1. The molecule has 2 rings (SSSR count). The highest BCUT2D eigenvalue weighted by Gasteiger charge is 2.26. The SMILES string of the molecule is CC1CCC(NC(=O)CCc2ccccc2N)C(C)C1.Cl. The summed E-state index contributed by atoms with van der Waals surface area (Å²) in [5.74, 6) is 1.53. The quantitative estimate of drug-likeness (QED) is 0.835. The molecule has 21 heavy (non-hydrogen) atoms. The molecule has 118 valence electrons. The molecule has 1 aromatic rings. The molecule has 0 spiro atoms. The minimum absolute atomic E-state index is 0. The van der Waals surface area contributed by atoms with Gasteiger partial charge >= 0.3 is 0 Å². The highest BCUT2D eigenvalue weighted by Crippen LogP contribution is 2.28. The van der Waals surface area contributed by atoms with Gasteiger partial charge in [0.05, 0.1) is 0 Å². The fraction of sp³-hybridized carbons (Fsp3) is 0.588. The van der Waals surface area contributed by atoms with Gasteiger partial charge in [-0.3, -0.25) is 4.79 Å². The van der Waals surface area contributed by atoms with Crippen LogP contribution in [-0.4, -0.2) is 11.9 Å². The molecule has 4 heteroatoms. The average molecular weight is 311 g/mol. The smallest absolute Gasteiger partial charge is 0.220 e. The Morgan fingerprint density at radius 3 is 2.67 bits per heavy atom. The van der Waals surface area contributed by atoms with Crippen molar-refractivity contribution in [2.75, 3.05) is 5.73 Å². The molecule has 1 aliphatic carbocycles. The Morgan fingerprint density at radius 2 is 2.00 bits per heavy atom. The summed E-state index contributed by atoms with van der Waals surface area (Å²) in [6, 6.07) is 8.12. The number of hydrogen-bond acceptors (Lipinski definition) is 2. The number of nitrogens with two attached hydrogens (primary N) is 1. The fourth-order valence-electron chi connectivity index (χ4n) is 3.17. The summed E-state index contributed by atoms with van der Waals surface area (Å²) in [6.07, 6.45) is 4.79. The Kier molecular flexibility index (Phi) is 7.03. The lowest BCUT2D eigenvalue weighted by Crippen LogP contribution is -2.42. The Hall–Kier alpha value is -1.22. The zero-order valence-electron chi connectivity index (χ0n) is 13.0. The summed E-state index contributed by atoms with van der Waals surface area (Å²) < 4.78 is 0. The van der Waals surface area contributed by atoms with Crippen LogP contribution in [-0.2, 0) is 11.2 Å². The molecule has 3 unspecified atom stereocenters. The second kappa shape index (κ2) is 8.28. The third-order valence-corrected chi connectivity index (χ3v) is 4.45. The molecule has 1 amide bonds. The molecular weight excluding hydrogens is 284 g/mol. The predicted octanol–water partition coefficient (Wildman–Crippen LogP) is 3.56. The Bertz CT molecular complexity index is 464. The monoisotopic (exact) mass is 310 g/mol. The number of anilines is 1. The van der Waals surface area contributed by atoms with E-state index in [4.69, 9.17) is 5.73 Å². The van der Waals surface area contributed by atoms with E-state index < -0.39 is 0 Å². The summed E-state index contributed by atoms with van der Waals surface area (Å²) in [6.45, 7) is 4.54. The average Bonchev–Trinajstić information content (AvgIpc) is 2.41. The van der Waals surface area contributed by atoms with Crippen molar-refractivity contribution in [1.29, 1.82) is 0 Å². The fourth-order valence-corrected chi connectivity index (χ4v) is 3.17. The van der Waals surface area contributed by atoms with Crippen LogP contribution in [0.15, 0.2) is 24.3 Å². The van der Waals surface area contributed by atoms with E-state index in [1.165, 1.54) is 12.8 Å². The summed E-state index contributed by atoms with van der Waals surface area (Å²) in [5, 5.41) is 3.20. The first kappa shape index (κ1) is 17.8. The molecule has 3 nitrogen and oxygen atoms in total. The summed E-state index contributed by atoms with van der Waals surface area (Å²) >= 11 is 0. The lowest BCUT2D eigenvalue weighted by Gasteiger charge is -2.33. The summed E-state index contributed by atoms with van der Waals surface area (Å²) in [7, 11) is 0.